The Labute approximate surface area is 87.0 Å². The van der Waals surface area contributed by atoms with Gasteiger partial charge in [0.15, 0.2) is 0 Å². The summed E-state index contributed by atoms with van der Waals surface area (Å²) in [5.74, 6) is 0. The number of imidazole rings is 1. The molecular weight excluding hydrogens is 200 g/mol. The normalized spacial score (nSPS) is 13.4. The van der Waals surface area contributed by atoms with Crippen molar-refractivity contribution in [1.29, 1.82) is 0 Å². The van der Waals surface area contributed by atoms with Crippen LogP contribution in [0.2, 0.25) is 5.02 Å². The second-order valence-corrected chi connectivity index (χ2v) is 3.62. The van der Waals surface area contributed by atoms with Crippen LogP contribution in [-0.2, 0) is 0 Å². The molecular formula is C10H11ClN2O. The molecule has 4 heteroatoms. The number of aromatic nitrogens is 2. The number of hydrogen-bond donors (Lipinski definition) is 1. The van der Waals surface area contributed by atoms with Crippen LogP contribution in [0, 0.1) is 0 Å². The Morgan fingerprint density at radius 3 is 3.07 bits per heavy atom. The molecule has 2 rings (SSSR count). The highest BCUT2D eigenvalue weighted by molar-refractivity contribution is 6.30. The second-order valence-electron chi connectivity index (χ2n) is 3.18. The smallest absolute Gasteiger partial charge is 0.137 e. The van der Waals surface area contributed by atoms with Crippen molar-refractivity contribution in [2.75, 3.05) is 0 Å². The summed E-state index contributed by atoms with van der Waals surface area (Å²) in [6.07, 6.45) is 3.63. The van der Waals surface area contributed by atoms with E-state index in [0.717, 1.165) is 11.3 Å². The summed E-state index contributed by atoms with van der Waals surface area (Å²) >= 11 is 5.87. The van der Waals surface area contributed by atoms with E-state index in [1.807, 2.05) is 17.4 Å². The van der Waals surface area contributed by atoms with Crippen LogP contribution in [0.4, 0.5) is 0 Å². The Bertz CT molecular complexity index is 452. The molecule has 0 amide bonds. The summed E-state index contributed by atoms with van der Waals surface area (Å²) in [5, 5.41) is 10.3. The van der Waals surface area contributed by atoms with Crippen molar-refractivity contribution < 1.29 is 5.11 Å². The zero-order chi connectivity index (χ0) is 10.1. The quantitative estimate of drug-likeness (QED) is 0.827. The number of pyridine rings is 1. The SMILES string of the molecule is CCC(O)c1cnc2ccc(Cl)cn12. The fraction of sp³-hybridized carbons (Fsp3) is 0.300. The molecule has 74 valence electrons. The van der Waals surface area contributed by atoms with Gasteiger partial charge >= 0.3 is 0 Å². The molecule has 2 aromatic rings. The molecule has 1 N–H and O–H groups in total. The Kier molecular flexibility index (Phi) is 2.44. The number of fused-ring (bicyclic) bond motifs is 1. The van der Waals surface area contributed by atoms with Gasteiger partial charge in [-0.25, -0.2) is 4.98 Å². The fourth-order valence-corrected chi connectivity index (χ4v) is 1.59. The maximum atomic E-state index is 9.70. The molecule has 3 nitrogen and oxygen atoms in total. The largest absolute Gasteiger partial charge is 0.387 e. The Morgan fingerprint density at radius 2 is 2.36 bits per heavy atom. The van der Waals surface area contributed by atoms with Crippen molar-refractivity contribution in [3.05, 3.63) is 35.2 Å². The van der Waals surface area contributed by atoms with E-state index in [0.29, 0.717) is 11.4 Å². The maximum absolute atomic E-state index is 9.70. The average Bonchev–Trinajstić information content (AvgIpc) is 2.59. The van der Waals surface area contributed by atoms with Gasteiger partial charge in [0, 0.05) is 6.20 Å². The molecule has 0 aliphatic carbocycles. The zero-order valence-corrected chi connectivity index (χ0v) is 8.57. The first-order valence-corrected chi connectivity index (χ1v) is 4.90. The van der Waals surface area contributed by atoms with Gasteiger partial charge in [-0.05, 0) is 18.6 Å². The molecule has 0 fully saturated rings. The summed E-state index contributed by atoms with van der Waals surface area (Å²) in [6, 6.07) is 3.61. The van der Waals surface area contributed by atoms with Crippen LogP contribution in [0.1, 0.15) is 25.1 Å². The van der Waals surface area contributed by atoms with Gasteiger partial charge in [0.2, 0.25) is 0 Å². The average molecular weight is 211 g/mol. The molecule has 1 unspecified atom stereocenters. The topological polar surface area (TPSA) is 37.5 Å². The monoisotopic (exact) mass is 210 g/mol. The molecule has 0 spiro atoms. The standard InChI is InChI=1S/C10H11ClN2O/c1-2-9(14)8-5-12-10-4-3-7(11)6-13(8)10/h3-6,9,14H,2H2,1H3. The fourth-order valence-electron chi connectivity index (χ4n) is 1.43. The molecule has 2 aromatic heterocycles. The highest BCUT2D eigenvalue weighted by atomic mass is 35.5. The first-order chi connectivity index (χ1) is 6.72. The molecule has 0 bridgehead atoms. The van der Waals surface area contributed by atoms with Crippen molar-refractivity contribution in [2.45, 2.75) is 19.4 Å². The summed E-state index contributed by atoms with van der Waals surface area (Å²) in [4.78, 5) is 4.17. The number of nitrogens with zero attached hydrogens (tertiary/aromatic N) is 2. The van der Waals surface area contributed by atoms with Gasteiger partial charge in [-0.1, -0.05) is 18.5 Å². The van der Waals surface area contributed by atoms with Crippen LogP contribution in [0.3, 0.4) is 0 Å². The highest BCUT2D eigenvalue weighted by Crippen LogP contribution is 2.19. The summed E-state index contributed by atoms with van der Waals surface area (Å²) in [5.41, 5.74) is 1.59. The molecule has 0 aromatic carbocycles. The summed E-state index contributed by atoms with van der Waals surface area (Å²) in [7, 11) is 0. The lowest BCUT2D eigenvalue weighted by Gasteiger charge is -2.06. The lowest BCUT2D eigenvalue weighted by atomic mass is 10.2. The van der Waals surface area contributed by atoms with Gasteiger partial charge in [0.25, 0.3) is 0 Å². The molecule has 0 saturated heterocycles. The first-order valence-electron chi connectivity index (χ1n) is 4.53. The van der Waals surface area contributed by atoms with Crippen molar-refractivity contribution in [3.8, 4) is 0 Å². The maximum Gasteiger partial charge on any atom is 0.137 e. The Hall–Kier alpha value is -1.06. The molecule has 2 heterocycles. The highest BCUT2D eigenvalue weighted by Gasteiger charge is 2.10. The number of aliphatic hydroxyl groups is 1. The second kappa shape index (κ2) is 3.59. The summed E-state index contributed by atoms with van der Waals surface area (Å²) < 4.78 is 1.82. The van der Waals surface area contributed by atoms with Crippen LogP contribution in [0.15, 0.2) is 24.5 Å². The minimum Gasteiger partial charge on any atom is -0.387 e. The van der Waals surface area contributed by atoms with E-state index in [1.165, 1.54) is 0 Å². The Morgan fingerprint density at radius 1 is 1.57 bits per heavy atom. The Balaban J connectivity index is 2.61. The van der Waals surface area contributed by atoms with Crippen molar-refractivity contribution in [2.24, 2.45) is 0 Å². The van der Waals surface area contributed by atoms with E-state index in [4.69, 9.17) is 11.6 Å². The van der Waals surface area contributed by atoms with Gasteiger partial charge in [-0.3, -0.25) is 4.40 Å². The van der Waals surface area contributed by atoms with E-state index in [9.17, 15) is 5.11 Å². The van der Waals surface area contributed by atoms with Crippen LogP contribution >= 0.6 is 11.6 Å². The minimum atomic E-state index is -0.483. The van der Waals surface area contributed by atoms with E-state index in [1.54, 1.807) is 18.5 Å². The van der Waals surface area contributed by atoms with E-state index in [-0.39, 0.29) is 0 Å². The van der Waals surface area contributed by atoms with Crippen LogP contribution in [-0.4, -0.2) is 14.5 Å². The number of rotatable bonds is 2. The lowest BCUT2D eigenvalue weighted by Crippen LogP contribution is -1.99. The van der Waals surface area contributed by atoms with Gasteiger partial charge < -0.3 is 5.11 Å². The number of halogens is 1. The lowest BCUT2D eigenvalue weighted by molar-refractivity contribution is 0.168. The molecule has 0 aliphatic heterocycles. The van der Waals surface area contributed by atoms with Crippen molar-refractivity contribution in [1.82, 2.24) is 9.38 Å². The molecule has 14 heavy (non-hydrogen) atoms. The van der Waals surface area contributed by atoms with E-state index < -0.39 is 6.10 Å². The first kappa shape index (κ1) is 9.49. The third-order valence-corrected chi connectivity index (χ3v) is 2.45. The van der Waals surface area contributed by atoms with Gasteiger partial charge in [-0.2, -0.15) is 0 Å². The third-order valence-electron chi connectivity index (χ3n) is 2.23. The zero-order valence-electron chi connectivity index (χ0n) is 7.81. The predicted octanol–water partition coefficient (Wildman–Crippen LogP) is 2.43. The van der Waals surface area contributed by atoms with Gasteiger partial charge in [-0.15, -0.1) is 0 Å². The van der Waals surface area contributed by atoms with Gasteiger partial charge in [0.1, 0.15) is 5.65 Å². The van der Waals surface area contributed by atoms with Crippen LogP contribution in [0.25, 0.3) is 5.65 Å². The van der Waals surface area contributed by atoms with E-state index >= 15 is 0 Å². The number of aliphatic hydroxyl groups excluding tert-OH is 1. The van der Waals surface area contributed by atoms with E-state index in [2.05, 4.69) is 4.98 Å². The molecule has 0 aliphatic rings. The van der Waals surface area contributed by atoms with Gasteiger partial charge in [0.05, 0.1) is 23.0 Å². The van der Waals surface area contributed by atoms with Crippen molar-refractivity contribution in [3.63, 3.8) is 0 Å². The molecule has 0 radical (unpaired) electrons. The molecule has 1 atom stereocenters. The van der Waals surface area contributed by atoms with Crippen LogP contribution < -0.4 is 0 Å². The van der Waals surface area contributed by atoms with Crippen LogP contribution in [0.5, 0.6) is 0 Å². The number of hydrogen-bond acceptors (Lipinski definition) is 2. The summed E-state index contributed by atoms with van der Waals surface area (Å²) in [6.45, 7) is 1.93. The van der Waals surface area contributed by atoms with Crippen molar-refractivity contribution >= 4 is 17.2 Å². The molecule has 0 saturated carbocycles. The predicted molar refractivity (Wildman–Crippen MR) is 55.5 cm³/mol. The minimum absolute atomic E-state index is 0.483. The third kappa shape index (κ3) is 1.49.